The number of aromatic nitrogens is 1. The molecule has 0 spiro atoms. The molecule has 0 amide bonds. The molecule has 2 aromatic carbocycles. The molecule has 1 heterocycles. The molecule has 0 bridgehead atoms. The highest BCUT2D eigenvalue weighted by Gasteiger charge is 2.21. The lowest BCUT2D eigenvalue weighted by atomic mass is 10.3. The minimum Gasteiger partial charge on any atom is -0.228 e. The Kier molecular flexibility index (Phi) is 3.64. The Morgan fingerprint density at radius 1 is 1.00 bits per heavy atom. The molecule has 0 fully saturated rings. The minimum absolute atomic E-state index is 0.290. The van der Waals surface area contributed by atoms with Gasteiger partial charge in [0.05, 0.1) is 14.1 Å². The van der Waals surface area contributed by atoms with Crippen LogP contribution in [-0.4, -0.2) is 12.4 Å². The van der Waals surface area contributed by atoms with Gasteiger partial charge in [-0.1, -0.05) is 34.1 Å². The predicted molar refractivity (Wildman–Crippen MR) is 91.4 cm³/mol. The normalized spacial score (nSPS) is 11.9. The number of benzene rings is 2. The fraction of sp³-hybridized carbons (Fsp3) is 0. The molecule has 0 saturated carbocycles. The molecule has 0 atom stereocenters. The van der Waals surface area contributed by atoms with E-state index in [1.165, 1.54) is 3.97 Å². The summed E-state index contributed by atoms with van der Waals surface area (Å²) in [6.45, 7) is 0. The number of nitrogens with zero attached hydrogens (tertiary/aromatic N) is 1. The van der Waals surface area contributed by atoms with Crippen LogP contribution < -0.4 is 0 Å². The van der Waals surface area contributed by atoms with E-state index in [0.717, 1.165) is 9.86 Å². The molecule has 0 aliphatic rings. The summed E-state index contributed by atoms with van der Waals surface area (Å²) in [6, 6.07) is 15.9. The van der Waals surface area contributed by atoms with Crippen LogP contribution in [0.1, 0.15) is 0 Å². The average molecular weight is 462 g/mol. The van der Waals surface area contributed by atoms with Gasteiger partial charge in [-0.3, -0.25) is 0 Å². The standard InChI is InChI=1S/C14H9BrINO2S/c15-11-6-7-13-10(8-11)9-14(16)17(13)20(18,19)12-4-2-1-3-5-12/h1-9H. The number of fused-ring (bicyclic) bond motifs is 1. The summed E-state index contributed by atoms with van der Waals surface area (Å²) in [5.41, 5.74) is 0.682. The highest BCUT2D eigenvalue weighted by molar-refractivity contribution is 14.1. The van der Waals surface area contributed by atoms with E-state index in [0.29, 0.717) is 14.1 Å². The third kappa shape index (κ3) is 2.29. The van der Waals surface area contributed by atoms with E-state index in [2.05, 4.69) is 15.9 Å². The zero-order chi connectivity index (χ0) is 14.3. The van der Waals surface area contributed by atoms with Crippen molar-refractivity contribution in [2.24, 2.45) is 0 Å². The Morgan fingerprint density at radius 2 is 1.70 bits per heavy atom. The Morgan fingerprint density at radius 3 is 2.40 bits per heavy atom. The van der Waals surface area contributed by atoms with Gasteiger partial charge < -0.3 is 0 Å². The van der Waals surface area contributed by atoms with Crippen LogP contribution >= 0.6 is 38.5 Å². The van der Waals surface area contributed by atoms with E-state index in [1.54, 1.807) is 30.3 Å². The Hall–Kier alpha value is -0.860. The van der Waals surface area contributed by atoms with Crippen molar-refractivity contribution in [2.75, 3.05) is 0 Å². The average Bonchev–Trinajstić information content (AvgIpc) is 2.75. The third-order valence-electron chi connectivity index (χ3n) is 2.96. The van der Waals surface area contributed by atoms with Gasteiger partial charge in [0.15, 0.2) is 0 Å². The van der Waals surface area contributed by atoms with Gasteiger partial charge in [0.1, 0.15) is 0 Å². The molecule has 3 aromatic rings. The molecule has 1 aromatic heterocycles. The molecule has 20 heavy (non-hydrogen) atoms. The molecule has 102 valence electrons. The van der Waals surface area contributed by atoms with Crippen LogP contribution in [0.15, 0.2) is 64.0 Å². The molecule has 0 radical (unpaired) electrons. The molecule has 3 nitrogen and oxygen atoms in total. The van der Waals surface area contributed by atoms with Crippen molar-refractivity contribution in [3.8, 4) is 0 Å². The van der Waals surface area contributed by atoms with E-state index in [4.69, 9.17) is 0 Å². The SMILES string of the molecule is O=S(=O)(c1ccccc1)n1c(I)cc2cc(Br)ccc21. The summed E-state index contributed by atoms with van der Waals surface area (Å²) in [6.07, 6.45) is 0. The zero-order valence-corrected chi connectivity index (χ0v) is 14.7. The van der Waals surface area contributed by atoms with Gasteiger partial charge >= 0.3 is 0 Å². The Bertz CT molecular complexity index is 888. The second kappa shape index (κ2) is 5.16. The van der Waals surface area contributed by atoms with E-state index in [9.17, 15) is 8.42 Å². The maximum atomic E-state index is 12.8. The summed E-state index contributed by atoms with van der Waals surface area (Å²) >= 11 is 5.45. The summed E-state index contributed by atoms with van der Waals surface area (Å²) in [5.74, 6) is 0. The maximum Gasteiger partial charge on any atom is 0.269 e. The zero-order valence-electron chi connectivity index (χ0n) is 10.1. The lowest BCUT2D eigenvalue weighted by Crippen LogP contribution is -2.14. The molecule has 0 unspecified atom stereocenters. The van der Waals surface area contributed by atoms with Gasteiger partial charge in [-0.2, -0.15) is 0 Å². The van der Waals surface area contributed by atoms with Crippen LogP contribution in [0.2, 0.25) is 0 Å². The Balaban J connectivity index is 2.32. The van der Waals surface area contributed by atoms with Crippen LogP contribution in [-0.2, 0) is 10.0 Å². The van der Waals surface area contributed by atoms with Crippen LogP contribution in [0, 0.1) is 3.70 Å². The monoisotopic (exact) mass is 461 g/mol. The fourth-order valence-corrected chi connectivity index (χ4v) is 5.24. The second-order valence-electron chi connectivity index (χ2n) is 4.25. The molecule has 0 saturated heterocycles. The number of halogens is 2. The Labute approximate surface area is 138 Å². The number of rotatable bonds is 2. The molecular weight excluding hydrogens is 453 g/mol. The van der Waals surface area contributed by atoms with Gasteiger partial charge in [0.2, 0.25) is 0 Å². The maximum absolute atomic E-state index is 12.8. The van der Waals surface area contributed by atoms with Crippen LogP contribution in [0.4, 0.5) is 0 Å². The quantitative estimate of drug-likeness (QED) is 0.535. The molecule has 0 N–H and O–H groups in total. The van der Waals surface area contributed by atoms with Gasteiger partial charge in [-0.05, 0) is 59.0 Å². The number of hydrogen-bond acceptors (Lipinski definition) is 2. The van der Waals surface area contributed by atoms with Gasteiger partial charge in [-0.25, -0.2) is 12.4 Å². The first kappa shape index (κ1) is 14.1. The molecular formula is C14H9BrINO2S. The van der Waals surface area contributed by atoms with Crippen molar-refractivity contribution >= 4 is 59.4 Å². The first-order chi connectivity index (χ1) is 9.50. The van der Waals surface area contributed by atoms with E-state index in [1.807, 2.05) is 46.9 Å². The van der Waals surface area contributed by atoms with Crippen molar-refractivity contribution in [2.45, 2.75) is 4.90 Å². The van der Waals surface area contributed by atoms with Crippen molar-refractivity contribution in [3.05, 3.63) is 62.8 Å². The van der Waals surface area contributed by atoms with Crippen molar-refractivity contribution in [1.82, 2.24) is 3.97 Å². The van der Waals surface area contributed by atoms with Gasteiger partial charge in [0, 0.05) is 9.86 Å². The number of hydrogen-bond donors (Lipinski definition) is 0. The topological polar surface area (TPSA) is 39.1 Å². The van der Waals surface area contributed by atoms with Crippen LogP contribution in [0.3, 0.4) is 0 Å². The minimum atomic E-state index is -3.57. The van der Waals surface area contributed by atoms with Crippen LogP contribution in [0.5, 0.6) is 0 Å². The predicted octanol–water partition coefficient (Wildman–Crippen LogP) is 4.25. The smallest absolute Gasteiger partial charge is 0.228 e. The summed E-state index contributed by atoms with van der Waals surface area (Å²) in [4.78, 5) is 0.290. The lowest BCUT2D eigenvalue weighted by molar-refractivity contribution is 0.588. The summed E-state index contributed by atoms with van der Waals surface area (Å²) in [7, 11) is -3.57. The van der Waals surface area contributed by atoms with Crippen molar-refractivity contribution in [1.29, 1.82) is 0 Å². The van der Waals surface area contributed by atoms with Crippen molar-refractivity contribution < 1.29 is 8.42 Å². The fourth-order valence-electron chi connectivity index (χ4n) is 2.07. The van der Waals surface area contributed by atoms with Crippen molar-refractivity contribution in [3.63, 3.8) is 0 Å². The lowest BCUT2D eigenvalue weighted by Gasteiger charge is -2.09. The van der Waals surface area contributed by atoms with E-state index < -0.39 is 10.0 Å². The van der Waals surface area contributed by atoms with E-state index >= 15 is 0 Å². The summed E-state index contributed by atoms with van der Waals surface area (Å²) in [5, 5.41) is 0.892. The second-order valence-corrected chi connectivity index (χ2v) is 8.06. The van der Waals surface area contributed by atoms with Crippen LogP contribution in [0.25, 0.3) is 10.9 Å². The molecule has 0 aliphatic heterocycles. The van der Waals surface area contributed by atoms with Gasteiger partial charge in [-0.15, -0.1) is 0 Å². The molecule has 0 aliphatic carbocycles. The van der Waals surface area contributed by atoms with Gasteiger partial charge in [0.25, 0.3) is 10.0 Å². The highest BCUT2D eigenvalue weighted by atomic mass is 127. The third-order valence-corrected chi connectivity index (χ3v) is 6.31. The van der Waals surface area contributed by atoms with E-state index in [-0.39, 0.29) is 0 Å². The molecule has 3 rings (SSSR count). The largest absolute Gasteiger partial charge is 0.269 e. The summed E-state index contributed by atoms with van der Waals surface area (Å²) < 4.78 is 28.5. The molecule has 6 heteroatoms. The first-order valence-electron chi connectivity index (χ1n) is 5.77. The first-order valence-corrected chi connectivity index (χ1v) is 9.08. The highest BCUT2D eigenvalue weighted by Crippen LogP contribution is 2.28.